The highest BCUT2D eigenvalue weighted by atomic mass is 16.5. The zero-order valence-corrected chi connectivity index (χ0v) is 23.1. The molecule has 0 radical (unpaired) electrons. The van der Waals surface area contributed by atoms with Crippen molar-refractivity contribution in [3.8, 4) is 5.75 Å². The van der Waals surface area contributed by atoms with Gasteiger partial charge in [0.15, 0.2) is 11.6 Å². The second-order valence-corrected chi connectivity index (χ2v) is 9.10. The van der Waals surface area contributed by atoms with Crippen LogP contribution in [0.25, 0.3) is 0 Å². The van der Waals surface area contributed by atoms with Crippen molar-refractivity contribution in [2.24, 2.45) is 10.6 Å². The van der Waals surface area contributed by atoms with Gasteiger partial charge in [0.2, 0.25) is 0 Å². The normalized spacial score (nSPS) is 11.5. The summed E-state index contributed by atoms with van der Waals surface area (Å²) in [6, 6.07) is 17.4. The number of anilines is 2. The molecule has 3 aromatic rings. The molecule has 2 heterocycles. The van der Waals surface area contributed by atoms with E-state index >= 15 is 0 Å². The number of methoxy groups -OCH3 is 1. The van der Waals surface area contributed by atoms with Crippen LogP contribution in [0.15, 0.2) is 64.4 Å². The van der Waals surface area contributed by atoms with E-state index in [0.29, 0.717) is 31.1 Å². The molecule has 0 amide bonds. The number of para-hydroxylation sites is 1. The number of nitrogens with two attached hydrogens (primary N) is 2. The number of fused-ring (bicyclic) bond motifs is 2. The van der Waals surface area contributed by atoms with Gasteiger partial charge in [0.05, 0.1) is 25.0 Å². The third-order valence-corrected chi connectivity index (χ3v) is 5.35. The van der Waals surface area contributed by atoms with Crippen LogP contribution in [0, 0.1) is 0 Å². The molecule has 1 aliphatic heterocycles. The van der Waals surface area contributed by atoms with Crippen LogP contribution in [-0.2, 0) is 31.9 Å². The van der Waals surface area contributed by atoms with Gasteiger partial charge in [-0.3, -0.25) is 14.7 Å². The monoisotopic (exact) mass is 550 g/mol. The first-order valence-corrected chi connectivity index (χ1v) is 12.8. The molecule has 5 N–H and O–H groups in total. The van der Waals surface area contributed by atoms with E-state index < -0.39 is 12.7 Å². The van der Waals surface area contributed by atoms with Crippen LogP contribution < -0.4 is 27.0 Å². The maximum absolute atomic E-state index is 12.6. The molecule has 1 aliphatic rings. The number of ether oxygens (including phenoxy) is 3. The second-order valence-electron chi connectivity index (χ2n) is 9.10. The van der Waals surface area contributed by atoms with E-state index in [4.69, 9.17) is 25.5 Å². The molecule has 12 nitrogen and oxygen atoms in total. The van der Waals surface area contributed by atoms with E-state index in [1.165, 1.54) is 11.5 Å². The number of hydrogen-bond acceptors (Lipinski definition) is 11. The van der Waals surface area contributed by atoms with Crippen molar-refractivity contribution in [1.82, 2.24) is 9.55 Å². The summed E-state index contributed by atoms with van der Waals surface area (Å²) in [6.45, 7) is 5.98. The number of nitrogen functional groups attached to an aromatic ring is 1. The predicted octanol–water partition coefficient (Wildman–Crippen LogP) is 2.52. The molecule has 0 saturated heterocycles. The molecule has 13 heteroatoms. The van der Waals surface area contributed by atoms with Gasteiger partial charge in [-0.05, 0) is 37.1 Å². The van der Waals surface area contributed by atoms with Gasteiger partial charge in [-0.25, -0.2) is 4.79 Å². The molecule has 0 spiro atoms. The first kappa shape index (κ1) is 30.2. The average molecular weight is 550 g/mol. The lowest BCUT2D eigenvalue weighted by Gasteiger charge is -2.21. The number of rotatable bonds is 10. The van der Waals surface area contributed by atoms with Gasteiger partial charge in [0.25, 0.3) is 6.02 Å². The maximum Gasteiger partial charge on any atom is 0.447 e. The van der Waals surface area contributed by atoms with Crippen molar-refractivity contribution < 1.29 is 23.7 Å². The Bertz CT molecular complexity index is 1370. The Morgan fingerprint density at radius 3 is 2.48 bits per heavy atom. The number of esters is 1. The third kappa shape index (κ3) is 9.14. The van der Waals surface area contributed by atoms with E-state index in [2.05, 4.69) is 20.0 Å². The van der Waals surface area contributed by atoms with Crippen LogP contribution in [0.2, 0.25) is 0 Å². The largest absolute Gasteiger partial charge is 0.546 e. The first-order chi connectivity index (χ1) is 19.2. The Morgan fingerprint density at radius 1 is 1.10 bits per heavy atom. The number of benzene rings is 2. The molecule has 0 aliphatic carbocycles. The highest BCUT2D eigenvalue weighted by molar-refractivity contribution is 6.48. The van der Waals surface area contributed by atoms with Crippen LogP contribution in [-0.4, -0.2) is 55.0 Å². The minimum Gasteiger partial charge on any atom is -0.546 e. The molecule has 212 valence electrons. The molecule has 4 rings (SSSR count). The summed E-state index contributed by atoms with van der Waals surface area (Å²) >= 11 is 0. The molecule has 2 aromatic carbocycles. The van der Waals surface area contributed by atoms with Crippen molar-refractivity contribution in [2.45, 2.75) is 39.7 Å². The summed E-state index contributed by atoms with van der Waals surface area (Å²) in [6.07, 6.45) is 0.529. The molecule has 40 heavy (non-hydrogen) atoms. The quantitative estimate of drug-likeness (QED) is 0.194. The number of amidine groups is 1. The summed E-state index contributed by atoms with van der Waals surface area (Å²) in [7, 11) is 1.07. The molecular formula is C27H35BN6O6. The standard InChI is InChI=1S/C22H25BN6O4.C5H10O2/c1-31-10-11-32-21-26-19-18(24)20(28-21)29(22(30)27-19)14-16-7-5-6-15(12-16)13-23(25)33-17-8-3-2-4-9-17;1-4(2)7-5(3)6/h2-9,12H,10-11,13-14,24-25H2,1H3,(H,26,27,28,30);4H,1-3H3. The number of hydrogen-bond donors (Lipinski definition) is 3. The molecular weight excluding hydrogens is 515 g/mol. The SMILES string of the molecule is CC(=O)OC(C)C.COCCOC1=Nc2c(N)c(nc(=O)n2Cc2cccc(CB(N)Oc3ccccc3)c2)N1. The zero-order valence-electron chi connectivity index (χ0n) is 23.1. The highest BCUT2D eigenvalue weighted by Crippen LogP contribution is 2.30. The Balaban J connectivity index is 0.000000559. The Labute approximate surface area is 233 Å². The van der Waals surface area contributed by atoms with E-state index in [0.717, 1.165) is 11.1 Å². The summed E-state index contributed by atoms with van der Waals surface area (Å²) in [5, 5.41) is 2.82. The average Bonchev–Trinajstić information content (AvgIpc) is 2.88. The number of aromatic nitrogens is 2. The van der Waals surface area contributed by atoms with Crippen molar-refractivity contribution in [1.29, 1.82) is 0 Å². The van der Waals surface area contributed by atoms with Gasteiger partial charge in [-0.2, -0.15) is 9.98 Å². The summed E-state index contributed by atoms with van der Waals surface area (Å²) in [4.78, 5) is 31.1. The summed E-state index contributed by atoms with van der Waals surface area (Å²) in [5.74, 6) is 1.02. The number of nitrogens with zero attached hydrogens (tertiary/aromatic N) is 3. The minimum atomic E-state index is -0.509. The van der Waals surface area contributed by atoms with E-state index in [-0.39, 0.29) is 36.1 Å². The van der Waals surface area contributed by atoms with E-state index in [9.17, 15) is 9.59 Å². The van der Waals surface area contributed by atoms with Crippen molar-refractivity contribution in [3.63, 3.8) is 0 Å². The molecule has 0 unspecified atom stereocenters. The second kappa shape index (κ2) is 14.7. The fourth-order valence-electron chi connectivity index (χ4n) is 3.75. The van der Waals surface area contributed by atoms with Gasteiger partial charge in [-0.15, -0.1) is 0 Å². The fourth-order valence-corrected chi connectivity index (χ4v) is 3.75. The van der Waals surface area contributed by atoms with Gasteiger partial charge in [0.1, 0.15) is 12.3 Å². The molecule has 0 atom stereocenters. The number of aliphatic imine (C=N–C) groups is 1. The molecule has 1 aromatic heterocycles. The van der Waals surface area contributed by atoms with Crippen LogP contribution in [0.1, 0.15) is 31.9 Å². The minimum absolute atomic E-state index is 0.0255. The highest BCUT2D eigenvalue weighted by Gasteiger charge is 2.22. The lowest BCUT2D eigenvalue weighted by atomic mass is 9.76. The third-order valence-electron chi connectivity index (χ3n) is 5.35. The predicted molar refractivity (Wildman–Crippen MR) is 155 cm³/mol. The summed E-state index contributed by atoms with van der Waals surface area (Å²) < 4.78 is 22.3. The van der Waals surface area contributed by atoms with Crippen LogP contribution >= 0.6 is 0 Å². The van der Waals surface area contributed by atoms with Crippen molar-refractivity contribution in [3.05, 3.63) is 76.2 Å². The van der Waals surface area contributed by atoms with Crippen LogP contribution in [0.5, 0.6) is 5.75 Å². The van der Waals surface area contributed by atoms with Crippen LogP contribution in [0.4, 0.5) is 17.3 Å². The zero-order chi connectivity index (χ0) is 29.1. The van der Waals surface area contributed by atoms with Crippen molar-refractivity contribution in [2.75, 3.05) is 31.4 Å². The maximum atomic E-state index is 12.6. The Hall–Kier alpha value is -4.36. The topological polar surface area (TPSA) is 165 Å². The lowest BCUT2D eigenvalue weighted by Crippen LogP contribution is -2.36. The van der Waals surface area contributed by atoms with E-state index in [1.807, 2.05) is 68.4 Å². The Kier molecular flexibility index (Phi) is 11.1. The number of carbonyl (C=O) groups excluding carboxylic acids is 1. The summed E-state index contributed by atoms with van der Waals surface area (Å²) in [5.41, 5.74) is 14.0. The van der Waals surface area contributed by atoms with Crippen molar-refractivity contribution >= 4 is 36.4 Å². The Morgan fingerprint density at radius 2 is 1.82 bits per heavy atom. The van der Waals surface area contributed by atoms with E-state index in [1.54, 1.807) is 7.11 Å². The molecule has 0 fully saturated rings. The van der Waals surface area contributed by atoms with Crippen LogP contribution in [0.3, 0.4) is 0 Å². The van der Waals surface area contributed by atoms with Gasteiger partial charge < -0.3 is 30.2 Å². The smallest absolute Gasteiger partial charge is 0.447 e. The first-order valence-electron chi connectivity index (χ1n) is 12.8. The van der Waals surface area contributed by atoms with Gasteiger partial charge in [0, 0.05) is 20.4 Å². The number of nitrogens with one attached hydrogen (secondary N) is 1. The molecule has 2 bridgehead atoms. The number of carbonyl (C=O) groups is 1. The fraction of sp³-hybridized carbons (Fsp3) is 0.333. The van der Waals surface area contributed by atoms with Gasteiger partial charge >= 0.3 is 18.7 Å². The van der Waals surface area contributed by atoms with Gasteiger partial charge in [-0.1, -0.05) is 42.5 Å². The lowest BCUT2D eigenvalue weighted by molar-refractivity contribution is -0.144. The molecule has 0 saturated carbocycles.